The lowest BCUT2D eigenvalue weighted by Crippen LogP contribution is -2.44. The van der Waals surface area contributed by atoms with E-state index in [1.807, 2.05) is 32.3 Å². The Kier molecular flexibility index (Phi) is 5.37. The fraction of sp³-hybridized carbons (Fsp3) is 0.588. The van der Waals surface area contributed by atoms with Crippen molar-refractivity contribution in [2.45, 2.75) is 43.7 Å². The molecule has 1 amide bonds. The van der Waals surface area contributed by atoms with Gasteiger partial charge in [0.15, 0.2) is 0 Å². The van der Waals surface area contributed by atoms with Crippen molar-refractivity contribution in [3.05, 3.63) is 35.9 Å². The highest BCUT2D eigenvalue weighted by Crippen LogP contribution is 2.30. The third kappa shape index (κ3) is 4.83. The predicted octanol–water partition coefficient (Wildman–Crippen LogP) is 2.07. The average Bonchev–Trinajstić information content (AvgIpc) is 2.84. The molecule has 0 spiro atoms. The summed E-state index contributed by atoms with van der Waals surface area (Å²) in [6, 6.07) is 10.1. The number of rotatable bonds is 6. The summed E-state index contributed by atoms with van der Waals surface area (Å²) in [6.07, 6.45) is 4.64. The standard InChI is InChI=1S/C17H27N3O/c1-20(2)13-15(14-8-4-3-5-9-14)19-16(21)12-17(18)10-6-7-11-17/h3-5,8-9,15H,6-7,10-13,18H2,1-2H3,(H,19,21). The van der Waals surface area contributed by atoms with Crippen LogP contribution in [0.15, 0.2) is 30.3 Å². The second kappa shape index (κ2) is 7.05. The predicted molar refractivity (Wildman–Crippen MR) is 85.9 cm³/mol. The molecule has 4 nitrogen and oxygen atoms in total. The molecule has 1 aliphatic carbocycles. The number of nitrogens with two attached hydrogens (primary N) is 1. The van der Waals surface area contributed by atoms with Gasteiger partial charge in [-0.25, -0.2) is 0 Å². The fourth-order valence-electron chi connectivity index (χ4n) is 3.11. The molecule has 3 N–H and O–H groups in total. The van der Waals surface area contributed by atoms with Gasteiger partial charge in [-0.3, -0.25) is 4.79 Å². The lowest BCUT2D eigenvalue weighted by molar-refractivity contribution is -0.123. The molecule has 1 aromatic carbocycles. The van der Waals surface area contributed by atoms with Gasteiger partial charge < -0.3 is 16.0 Å². The highest BCUT2D eigenvalue weighted by molar-refractivity contribution is 5.77. The van der Waals surface area contributed by atoms with Crippen LogP contribution in [-0.4, -0.2) is 37.0 Å². The molecule has 2 rings (SSSR count). The third-order valence-electron chi connectivity index (χ3n) is 4.20. The molecule has 1 fully saturated rings. The zero-order valence-corrected chi connectivity index (χ0v) is 13.1. The van der Waals surface area contributed by atoms with Crippen molar-refractivity contribution < 1.29 is 4.79 Å². The van der Waals surface area contributed by atoms with E-state index >= 15 is 0 Å². The number of amides is 1. The molecule has 0 saturated heterocycles. The van der Waals surface area contributed by atoms with Crippen LogP contribution < -0.4 is 11.1 Å². The van der Waals surface area contributed by atoms with E-state index in [0.29, 0.717) is 6.42 Å². The highest BCUT2D eigenvalue weighted by Gasteiger charge is 2.32. The number of likely N-dealkylation sites (N-methyl/N-ethyl adjacent to an activating group) is 1. The first kappa shape index (κ1) is 16.0. The molecule has 1 saturated carbocycles. The van der Waals surface area contributed by atoms with Gasteiger partial charge in [-0.15, -0.1) is 0 Å². The van der Waals surface area contributed by atoms with Crippen LogP contribution in [0.25, 0.3) is 0 Å². The van der Waals surface area contributed by atoms with Crippen molar-refractivity contribution in [2.75, 3.05) is 20.6 Å². The van der Waals surface area contributed by atoms with Crippen LogP contribution in [-0.2, 0) is 4.79 Å². The minimum Gasteiger partial charge on any atom is -0.348 e. The molecule has 0 aliphatic heterocycles. The number of hydrogen-bond donors (Lipinski definition) is 2. The molecule has 0 aromatic heterocycles. The summed E-state index contributed by atoms with van der Waals surface area (Å²) in [5.41, 5.74) is 7.15. The highest BCUT2D eigenvalue weighted by atomic mass is 16.1. The van der Waals surface area contributed by atoms with E-state index in [0.717, 1.165) is 37.8 Å². The molecule has 21 heavy (non-hydrogen) atoms. The maximum atomic E-state index is 12.4. The Morgan fingerprint density at radius 2 is 1.90 bits per heavy atom. The van der Waals surface area contributed by atoms with Crippen LogP contribution >= 0.6 is 0 Å². The first-order valence-corrected chi connectivity index (χ1v) is 7.76. The molecular weight excluding hydrogens is 262 g/mol. The first-order chi connectivity index (χ1) is 9.98. The third-order valence-corrected chi connectivity index (χ3v) is 4.20. The van der Waals surface area contributed by atoms with Gasteiger partial charge in [0, 0.05) is 18.5 Å². The van der Waals surface area contributed by atoms with Crippen LogP contribution in [0.1, 0.15) is 43.7 Å². The lowest BCUT2D eigenvalue weighted by Gasteiger charge is -2.27. The summed E-state index contributed by atoms with van der Waals surface area (Å²) in [5, 5.41) is 3.16. The largest absolute Gasteiger partial charge is 0.348 e. The van der Waals surface area contributed by atoms with Crippen LogP contribution in [0, 0.1) is 0 Å². The number of hydrogen-bond acceptors (Lipinski definition) is 3. The Hall–Kier alpha value is -1.39. The minimum absolute atomic E-state index is 0.0127. The van der Waals surface area contributed by atoms with E-state index in [2.05, 4.69) is 22.3 Å². The average molecular weight is 289 g/mol. The van der Waals surface area contributed by atoms with Gasteiger partial charge in [-0.2, -0.15) is 0 Å². The normalized spacial score (nSPS) is 18.7. The Morgan fingerprint density at radius 3 is 2.48 bits per heavy atom. The summed E-state index contributed by atoms with van der Waals surface area (Å²) in [6.45, 7) is 0.785. The Bertz CT molecular complexity index is 452. The number of benzene rings is 1. The molecule has 0 bridgehead atoms. The summed E-state index contributed by atoms with van der Waals surface area (Å²) in [4.78, 5) is 14.4. The van der Waals surface area contributed by atoms with Crippen LogP contribution in [0.5, 0.6) is 0 Å². The monoisotopic (exact) mass is 289 g/mol. The maximum Gasteiger partial charge on any atom is 0.222 e. The van der Waals surface area contributed by atoms with Crippen molar-refractivity contribution in [3.8, 4) is 0 Å². The maximum absolute atomic E-state index is 12.4. The zero-order valence-electron chi connectivity index (χ0n) is 13.1. The lowest BCUT2D eigenvalue weighted by atomic mass is 9.94. The van der Waals surface area contributed by atoms with Gasteiger partial charge in [0.05, 0.1) is 6.04 Å². The Morgan fingerprint density at radius 1 is 1.29 bits per heavy atom. The molecule has 4 heteroatoms. The summed E-state index contributed by atoms with van der Waals surface area (Å²) < 4.78 is 0. The molecule has 1 atom stereocenters. The van der Waals surface area contributed by atoms with Crippen molar-refractivity contribution >= 4 is 5.91 Å². The van der Waals surface area contributed by atoms with E-state index < -0.39 is 0 Å². The van der Waals surface area contributed by atoms with Gasteiger partial charge in [0.25, 0.3) is 0 Å². The van der Waals surface area contributed by atoms with Gasteiger partial charge >= 0.3 is 0 Å². The summed E-state index contributed by atoms with van der Waals surface area (Å²) >= 11 is 0. The summed E-state index contributed by atoms with van der Waals surface area (Å²) in [5.74, 6) is 0.0649. The number of carbonyl (C=O) groups is 1. The van der Waals surface area contributed by atoms with Gasteiger partial charge in [0.1, 0.15) is 0 Å². The van der Waals surface area contributed by atoms with E-state index in [4.69, 9.17) is 5.73 Å². The van der Waals surface area contributed by atoms with Gasteiger partial charge in [0.2, 0.25) is 5.91 Å². The smallest absolute Gasteiger partial charge is 0.222 e. The van der Waals surface area contributed by atoms with Crippen molar-refractivity contribution in [1.82, 2.24) is 10.2 Å². The van der Waals surface area contributed by atoms with E-state index in [1.165, 1.54) is 0 Å². The Labute approximate surface area is 127 Å². The quantitative estimate of drug-likeness (QED) is 0.843. The van der Waals surface area contributed by atoms with Gasteiger partial charge in [-0.05, 0) is 32.5 Å². The molecule has 1 unspecified atom stereocenters. The molecule has 0 heterocycles. The Balaban J connectivity index is 1.99. The second-order valence-corrected chi connectivity index (χ2v) is 6.54. The van der Waals surface area contributed by atoms with Crippen LogP contribution in [0.2, 0.25) is 0 Å². The molecule has 1 aliphatic rings. The fourth-order valence-corrected chi connectivity index (χ4v) is 3.11. The van der Waals surface area contributed by atoms with Crippen molar-refractivity contribution in [3.63, 3.8) is 0 Å². The minimum atomic E-state index is -0.288. The number of nitrogens with zero attached hydrogens (tertiary/aromatic N) is 1. The number of nitrogens with one attached hydrogen (secondary N) is 1. The topological polar surface area (TPSA) is 58.4 Å². The second-order valence-electron chi connectivity index (χ2n) is 6.54. The van der Waals surface area contributed by atoms with Crippen molar-refractivity contribution in [2.24, 2.45) is 5.73 Å². The molecule has 0 radical (unpaired) electrons. The zero-order chi connectivity index (χ0) is 15.3. The first-order valence-electron chi connectivity index (χ1n) is 7.76. The number of carbonyl (C=O) groups excluding carboxylic acids is 1. The molecule has 1 aromatic rings. The van der Waals surface area contributed by atoms with E-state index in [9.17, 15) is 4.79 Å². The van der Waals surface area contributed by atoms with Crippen LogP contribution in [0.3, 0.4) is 0 Å². The molecular formula is C17H27N3O. The summed E-state index contributed by atoms with van der Waals surface area (Å²) in [7, 11) is 4.03. The van der Waals surface area contributed by atoms with Crippen LogP contribution in [0.4, 0.5) is 0 Å². The van der Waals surface area contributed by atoms with E-state index in [-0.39, 0.29) is 17.5 Å². The van der Waals surface area contributed by atoms with Gasteiger partial charge in [-0.1, -0.05) is 43.2 Å². The van der Waals surface area contributed by atoms with E-state index in [1.54, 1.807) is 0 Å². The SMILES string of the molecule is CN(C)CC(NC(=O)CC1(N)CCCC1)c1ccccc1. The molecule has 116 valence electrons. The van der Waals surface area contributed by atoms with Crippen molar-refractivity contribution in [1.29, 1.82) is 0 Å².